The van der Waals surface area contributed by atoms with E-state index in [0.717, 1.165) is 6.54 Å². The summed E-state index contributed by atoms with van der Waals surface area (Å²) in [6.45, 7) is 1.35. The molecule has 1 rings (SSSR count). The van der Waals surface area contributed by atoms with Crippen molar-refractivity contribution in [1.82, 2.24) is 10.6 Å². The minimum absolute atomic E-state index is 0.103. The summed E-state index contributed by atoms with van der Waals surface area (Å²) in [6, 6.07) is 5.09. The number of carbonyl (C=O) groups excluding carboxylic acids is 1. The highest BCUT2D eigenvalue weighted by Crippen LogP contribution is 2.21. The number of carbonyl (C=O) groups is 1. The Morgan fingerprint density at radius 1 is 1.47 bits per heavy atom. The molecule has 0 atom stereocenters. The lowest BCUT2D eigenvalue weighted by molar-refractivity contribution is 0.0953. The van der Waals surface area contributed by atoms with E-state index in [9.17, 15) is 4.79 Å². The number of benzene rings is 1. The van der Waals surface area contributed by atoms with Gasteiger partial charge in [0.2, 0.25) is 0 Å². The van der Waals surface area contributed by atoms with Crippen LogP contribution in [0.1, 0.15) is 10.4 Å². The van der Waals surface area contributed by atoms with Gasteiger partial charge in [-0.3, -0.25) is 4.79 Å². The average Bonchev–Trinajstić information content (AvgIpc) is 2.17. The van der Waals surface area contributed by atoms with Crippen LogP contribution in [0.5, 0.6) is 0 Å². The Bertz CT molecular complexity index is 357. The quantitative estimate of drug-likeness (QED) is 0.834. The summed E-state index contributed by atoms with van der Waals surface area (Å²) in [4.78, 5) is 11.6. The highest BCUT2D eigenvalue weighted by Gasteiger charge is 2.08. The summed E-state index contributed by atoms with van der Waals surface area (Å²) < 4.78 is 0.706. The van der Waals surface area contributed by atoms with E-state index in [-0.39, 0.29) is 5.91 Å². The van der Waals surface area contributed by atoms with Crippen LogP contribution in [0, 0.1) is 0 Å². The zero-order valence-electron chi connectivity index (χ0n) is 8.31. The Morgan fingerprint density at radius 3 is 2.80 bits per heavy atom. The standard InChI is InChI=1S/C10H12BrClN2O/c1-13-4-5-14-10(15)8-3-2-7(12)6-9(8)11/h2-3,6,13H,4-5H2,1H3,(H,14,15). The van der Waals surface area contributed by atoms with Gasteiger partial charge in [0.05, 0.1) is 5.56 Å². The van der Waals surface area contributed by atoms with Crippen molar-refractivity contribution in [3.8, 4) is 0 Å². The van der Waals surface area contributed by atoms with Gasteiger partial charge in [0.25, 0.3) is 5.91 Å². The molecule has 82 valence electrons. The predicted molar refractivity (Wildman–Crippen MR) is 65.4 cm³/mol. The van der Waals surface area contributed by atoms with Gasteiger partial charge in [-0.25, -0.2) is 0 Å². The zero-order chi connectivity index (χ0) is 11.3. The van der Waals surface area contributed by atoms with Crippen molar-refractivity contribution in [3.05, 3.63) is 33.3 Å². The Labute approximate surface area is 102 Å². The number of halogens is 2. The first-order chi connectivity index (χ1) is 7.15. The van der Waals surface area contributed by atoms with E-state index in [1.165, 1.54) is 0 Å². The molecular weight excluding hydrogens is 279 g/mol. The maximum atomic E-state index is 11.6. The average molecular weight is 292 g/mol. The molecule has 5 heteroatoms. The lowest BCUT2D eigenvalue weighted by Crippen LogP contribution is -2.30. The van der Waals surface area contributed by atoms with Gasteiger partial charge in [-0.1, -0.05) is 11.6 Å². The van der Waals surface area contributed by atoms with Gasteiger partial charge in [-0.05, 0) is 41.2 Å². The topological polar surface area (TPSA) is 41.1 Å². The van der Waals surface area contributed by atoms with E-state index >= 15 is 0 Å². The van der Waals surface area contributed by atoms with Crippen molar-refractivity contribution in [2.75, 3.05) is 20.1 Å². The first-order valence-electron chi connectivity index (χ1n) is 4.53. The minimum Gasteiger partial charge on any atom is -0.351 e. The molecule has 0 aliphatic rings. The van der Waals surface area contributed by atoms with Gasteiger partial charge in [0.1, 0.15) is 0 Å². The fraction of sp³-hybridized carbons (Fsp3) is 0.300. The van der Waals surface area contributed by atoms with Crippen LogP contribution in [0.15, 0.2) is 22.7 Å². The third-order valence-corrected chi connectivity index (χ3v) is 2.73. The summed E-state index contributed by atoms with van der Waals surface area (Å²) in [5.41, 5.74) is 0.593. The number of nitrogens with one attached hydrogen (secondary N) is 2. The number of likely N-dealkylation sites (N-methyl/N-ethyl adjacent to an activating group) is 1. The minimum atomic E-state index is -0.103. The molecule has 0 aliphatic heterocycles. The van der Waals surface area contributed by atoms with Crippen LogP contribution < -0.4 is 10.6 Å². The Hall–Kier alpha value is -0.580. The molecule has 0 unspecified atom stereocenters. The molecular formula is C10H12BrClN2O. The van der Waals surface area contributed by atoms with E-state index < -0.39 is 0 Å². The van der Waals surface area contributed by atoms with E-state index in [0.29, 0.717) is 21.6 Å². The molecule has 1 amide bonds. The van der Waals surface area contributed by atoms with Crippen molar-refractivity contribution in [2.24, 2.45) is 0 Å². The number of hydrogen-bond donors (Lipinski definition) is 2. The molecule has 0 aromatic heterocycles. The Morgan fingerprint density at radius 2 is 2.20 bits per heavy atom. The molecule has 1 aromatic carbocycles. The van der Waals surface area contributed by atoms with Crippen molar-refractivity contribution in [3.63, 3.8) is 0 Å². The highest BCUT2D eigenvalue weighted by molar-refractivity contribution is 9.10. The smallest absolute Gasteiger partial charge is 0.252 e. The van der Waals surface area contributed by atoms with Crippen LogP contribution in [-0.4, -0.2) is 26.0 Å². The molecule has 0 fully saturated rings. The molecule has 0 bridgehead atoms. The molecule has 0 aliphatic carbocycles. The second kappa shape index (κ2) is 6.10. The molecule has 3 nitrogen and oxygen atoms in total. The van der Waals surface area contributed by atoms with Crippen LogP contribution in [0.4, 0.5) is 0 Å². The third kappa shape index (κ3) is 3.81. The Balaban J connectivity index is 2.65. The van der Waals surface area contributed by atoms with E-state index in [4.69, 9.17) is 11.6 Å². The number of rotatable bonds is 4. The van der Waals surface area contributed by atoms with Crippen LogP contribution in [0.2, 0.25) is 5.02 Å². The summed E-state index contributed by atoms with van der Waals surface area (Å²) >= 11 is 9.07. The SMILES string of the molecule is CNCCNC(=O)c1ccc(Cl)cc1Br. The monoisotopic (exact) mass is 290 g/mol. The summed E-state index contributed by atoms with van der Waals surface area (Å²) in [5, 5.41) is 6.34. The van der Waals surface area contributed by atoms with Gasteiger partial charge >= 0.3 is 0 Å². The lowest BCUT2D eigenvalue weighted by atomic mass is 10.2. The van der Waals surface area contributed by atoms with Gasteiger partial charge in [0, 0.05) is 22.6 Å². The second-order valence-electron chi connectivity index (χ2n) is 2.98. The van der Waals surface area contributed by atoms with Gasteiger partial charge < -0.3 is 10.6 Å². The normalized spacial score (nSPS) is 10.1. The summed E-state index contributed by atoms with van der Waals surface area (Å²) in [5.74, 6) is -0.103. The summed E-state index contributed by atoms with van der Waals surface area (Å²) in [7, 11) is 1.84. The molecule has 2 N–H and O–H groups in total. The number of amides is 1. The molecule has 1 aromatic rings. The van der Waals surface area contributed by atoms with Crippen LogP contribution >= 0.6 is 27.5 Å². The first kappa shape index (κ1) is 12.5. The highest BCUT2D eigenvalue weighted by atomic mass is 79.9. The van der Waals surface area contributed by atoms with E-state index in [1.807, 2.05) is 7.05 Å². The van der Waals surface area contributed by atoms with E-state index in [2.05, 4.69) is 26.6 Å². The molecule has 0 radical (unpaired) electrons. The van der Waals surface area contributed by atoms with Gasteiger partial charge in [-0.15, -0.1) is 0 Å². The van der Waals surface area contributed by atoms with Crippen molar-refractivity contribution in [2.45, 2.75) is 0 Å². The van der Waals surface area contributed by atoms with Crippen LogP contribution in [0.3, 0.4) is 0 Å². The van der Waals surface area contributed by atoms with E-state index in [1.54, 1.807) is 18.2 Å². The largest absolute Gasteiger partial charge is 0.351 e. The maximum Gasteiger partial charge on any atom is 0.252 e. The zero-order valence-corrected chi connectivity index (χ0v) is 10.7. The fourth-order valence-corrected chi connectivity index (χ4v) is 1.93. The first-order valence-corrected chi connectivity index (χ1v) is 5.70. The molecule has 0 heterocycles. The van der Waals surface area contributed by atoms with Crippen LogP contribution in [0.25, 0.3) is 0 Å². The summed E-state index contributed by atoms with van der Waals surface area (Å²) in [6.07, 6.45) is 0. The number of hydrogen-bond acceptors (Lipinski definition) is 2. The maximum absolute atomic E-state index is 11.6. The fourth-order valence-electron chi connectivity index (χ4n) is 1.07. The lowest BCUT2D eigenvalue weighted by Gasteiger charge is -2.06. The van der Waals surface area contributed by atoms with Gasteiger partial charge in [0.15, 0.2) is 0 Å². The molecule has 0 spiro atoms. The Kier molecular flexibility index (Phi) is 5.08. The second-order valence-corrected chi connectivity index (χ2v) is 4.27. The van der Waals surface area contributed by atoms with Crippen molar-refractivity contribution in [1.29, 1.82) is 0 Å². The molecule has 15 heavy (non-hydrogen) atoms. The van der Waals surface area contributed by atoms with Crippen molar-refractivity contribution >= 4 is 33.4 Å². The predicted octanol–water partition coefficient (Wildman–Crippen LogP) is 2.05. The van der Waals surface area contributed by atoms with Gasteiger partial charge in [-0.2, -0.15) is 0 Å². The molecule has 0 saturated heterocycles. The van der Waals surface area contributed by atoms with Crippen LogP contribution in [-0.2, 0) is 0 Å². The molecule has 0 saturated carbocycles. The third-order valence-electron chi connectivity index (χ3n) is 1.84. The van der Waals surface area contributed by atoms with Crippen molar-refractivity contribution < 1.29 is 4.79 Å².